The van der Waals surface area contributed by atoms with Crippen molar-refractivity contribution in [3.05, 3.63) is 11.2 Å². The van der Waals surface area contributed by atoms with E-state index in [4.69, 9.17) is 20.9 Å². The SMILES string of the molecule is COC(C)c1nc(Cl)no1. The fourth-order valence-corrected chi connectivity index (χ4v) is 0.600. The van der Waals surface area contributed by atoms with Crippen LogP contribution in [0.15, 0.2) is 4.52 Å². The Kier molecular flexibility index (Phi) is 2.24. The Balaban J connectivity index is 2.74. The molecule has 0 spiro atoms. The van der Waals surface area contributed by atoms with Gasteiger partial charge in [-0.25, -0.2) is 0 Å². The summed E-state index contributed by atoms with van der Waals surface area (Å²) in [6, 6.07) is 0. The third-order valence-electron chi connectivity index (χ3n) is 1.12. The maximum atomic E-state index is 5.39. The van der Waals surface area contributed by atoms with E-state index in [1.54, 1.807) is 14.0 Å². The van der Waals surface area contributed by atoms with Crippen molar-refractivity contribution in [2.75, 3.05) is 7.11 Å². The second kappa shape index (κ2) is 2.98. The minimum absolute atomic E-state index is 0.110. The molecule has 56 valence electrons. The fourth-order valence-electron chi connectivity index (χ4n) is 0.482. The van der Waals surface area contributed by atoms with Crippen LogP contribution in [0.3, 0.4) is 0 Å². The summed E-state index contributed by atoms with van der Waals surface area (Å²) in [5.41, 5.74) is 0. The number of halogens is 1. The first-order valence-corrected chi connectivity index (χ1v) is 3.13. The largest absolute Gasteiger partial charge is 0.372 e. The molecule has 0 amide bonds. The predicted molar refractivity (Wildman–Crippen MR) is 34.7 cm³/mol. The Morgan fingerprint density at radius 3 is 2.80 bits per heavy atom. The summed E-state index contributed by atoms with van der Waals surface area (Å²) in [5.74, 6) is 0.396. The maximum Gasteiger partial charge on any atom is 0.263 e. The molecule has 0 N–H and O–H groups in total. The van der Waals surface area contributed by atoms with E-state index in [1.807, 2.05) is 0 Å². The molecule has 0 bridgehead atoms. The Bertz CT molecular complexity index is 213. The van der Waals surface area contributed by atoms with Gasteiger partial charge in [0.25, 0.3) is 11.2 Å². The lowest BCUT2D eigenvalue weighted by molar-refractivity contribution is 0.0886. The topological polar surface area (TPSA) is 48.2 Å². The molecule has 0 aliphatic heterocycles. The molecule has 0 aliphatic rings. The van der Waals surface area contributed by atoms with Crippen molar-refractivity contribution in [3.8, 4) is 0 Å². The quantitative estimate of drug-likeness (QED) is 0.660. The zero-order valence-electron chi connectivity index (χ0n) is 5.67. The Labute approximate surface area is 63.1 Å². The van der Waals surface area contributed by atoms with Gasteiger partial charge in [0.2, 0.25) is 0 Å². The van der Waals surface area contributed by atoms with E-state index >= 15 is 0 Å². The summed E-state index contributed by atoms with van der Waals surface area (Å²) in [6.07, 6.45) is -0.194. The highest BCUT2D eigenvalue weighted by Crippen LogP contribution is 2.14. The number of hydrogen-bond acceptors (Lipinski definition) is 4. The van der Waals surface area contributed by atoms with Crippen LogP contribution in [0.2, 0.25) is 5.28 Å². The van der Waals surface area contributed by atoms with Gasteiger partial charge in [-0.1, -0.05) is 0 Å². The molecule has 1 rings (SSSR count). The van der Waals surface area contributed by atoms with E-state index < -0.39 is 0 Å². The summed E-state index contributed by atoms with van der Waals surface area (Å²) in [5, 5.41) is 3.50. The van der Waals surface area contributed by atoms with Gasteiger partial charge in [-0.15, -0.1) is 0 Å². The third kappa shape index (κ3) is 1.46. The van der Waals surface area contributed by atoms with Gasteiger partial charge in [0.05, 0.1) is 0 Å². The molecular weight excluding hydrogens is 156 g/mol. The monoisotopic (exact) mass is 162 g/mol. The summed E-state index contributed by atoms with van der Waals surface area (Å²) >= 11 is 5.39. The molecule has 1 aromatic heterocycles. The Morgan fingerprint density at radius 1 is 1.70 bits per heavy atom. The highest BCUT2D eigenvalue weighted by Gasteiger charge is 2.11. The van der Waals surface area contributed by atoms with Gasteiger partial charge in [0.1, 0.15) is 6.10 Å². The molecule has 0 fully saturated rings. The van der Waals surface area contributed by atoms with Crippen LogP contribution in [-0.4, -0.2) is 17.3 Å². The highest BCUT2D eigenvalue weighted by atomic mass is 35.5. The van der Waals surface area contributed by atoms with Crippen LogP contribution in [0.1, 0.15) is 18.9 Å². The van der Waals surface area contributed by atoms with Crippen LogP contribution in [0, 0.1) is 0 Å². The smallest absolute Gasteiger partial charge is 0.263 e. The predicted octanol–water partition coefficient (Wildman–Crippen LogP) is 1.43. The summed E-state index contributed by atoms with van der Waals surface area (Å²) < 4.78 is 9.59. The normalized spacial score (nSPS) is 13.5. The lowest BCUT2D eigenvalue weighted by Crippen LogP contribution is -1.94. The first-order chi connectivity index (χ1) is 4.74. The molecule has 1 heterocycles. The summed E-state index contributed by atoms with van der Waals surface area (Å²) in [7, 11) is 1.56. The number of aromatic nitrogens is 2. The number of nitrogens with zero attached hydrogens (tertiary/aromatic N) is 2. The van der Waals surface area contributed by atoms with E-state index in [1.165, 1.54) is 0 Å². The van der Waals surface area contributed by atoms with Crippen molar-refractivity contribution in [1.29, 1.82) is 0 Å². The van der Waals surface area contributed by atoms with Crippen LogP contribution in [0.4, 0.5) is 0 Å². The van der Waals surface area contributed by atoms with Gasteiger partial charge in [-0.05, 0) is 23.7 Å². The van der Waals surface area contributed by atoms with Crippen molar-refractivity contribution in [3.63, 3.8) is 0 Å². The molecule has 0 aromatic carbocycles. The molecule has 0 saturated heterocycles. The van der Waals surface area contributed by atoms with E-state index in [0.29, 0.717) is 5.89 Å². The maximum absolute atomic E-state index is 5.39. The van der Waals surface area contributed by atoms with E-state index in [9.17, 15) is 0 Å². The van der Waals surface area contributed by atoms with Crippen LogP contribution < -0.4 is 0 Å². The van der Waals surface area contributed by atoms with Gasteiger partial charge in [-0.3, -0.25) is 0 Å². The summed E-state index contributed by atoms with van der Waals surface area (Å²) in [4.78, 5) is 3.74. The average molecular weight is 163 g/mol. The molecule has 10 heavy (non-hydrogen) atoms. The molecule has 1 atom stereocenters. The van der Waals surface area contributed by atoms with E-state index in [0.717, 1.165) is 0 Å². The third-order valence-corrected chi connectivity index (χ3v) is 1.27. The first kappa shape index (κ1) is 7.50. The van der Waals surface area contributed by atoms with Gasteiger partial charge in [0, 0.05) is 7.11 Å². The number of rotatable bonds is 2. The molecule has 0 saturated carbocycles. The minimum atomic E-state index is -0.194. The Hall–Kier alpha value is -0.610. The van der Waals surface area contributed by atoms with Crippen molar-refractivity contribution >= 4 is 11.6 Å². The number of methoxy groups -OCH3 is 1. The zero-order chi connectivity index (χ0) is 7.56. The molecule has 1 unspecified atom stereocenters. The van der Waals surface area contributed by atoms with E-state index in [-0.39, 0.29) is 11.4 Å². The van der Waals surface area contributed by atoms with Crippen LogP contribution in [0.25, 0.3) is 0 Å². The average Bonchev–Trinajstić information content (AvgIpc) is 2.34. The van der Waals surface area contributed by atoms with Gasteiger partial charge >= 0.3 is 0 Å². The van der Waals surface area contributed by atoms with Crippen LogP contribution in [-0.2, 0) is 4.74 Å². The molecular formula is C5H7ClN2O2. The standard InChI is InChI=1S/C5H7ClN2O2/c1-3(9-2)4-7-5(6)8-10-4/h3H,1-2H3. The zero-order valence-corrected chi connectivity index (χ0v) is 6.42. The van der Waals surface area contributed by atoms with Crippen molar-refractivity contribution in [2.24, 2.45) is 0 Å². The lowest BCUT2D eigenvalue weighted by atomic mass is 10.4. The second-order valence-electron chi connectivity index (χ2n) is 1.78. The highest BCUT2D eigenvalue weighted by molar-refractivity contribution is 6.28. The van der Waals surface area contributed by atoms with Crippen LogP contribution in [0.5, 0.6) is 0 Å². The van der Waals surface area contributed by atoms with Crippen molar-refractivity contribution in [1.82, 2.24) is 10.1 Å². The van der Waals surface area contributed by atoms with Gasteiger partial charge in [-0.2, -0.15) is 4.98 Å². The van der Waals surface area contributed by atoms with Gasteiger partial charge in [0.15, 0.2) is 0 Å². The van der Waals surface area contributed by atoms with Crippen LogP contribution >= 0.6 is 11.6 Å². The van der Waals surface area contributed by atoms with Crippen molar-refractivity contribution in [2.45, 2.75) is 13.0 Å². The summed E-state index contributed by atoms with van der Waals surface area (Å²) in [6.45, 7) is 1.80. The second-order valence-corrected chi connectivity index (χ2v) is 2.12. The number of ether oxygens (including phenoxy) is 1. The molecule has 0 aliphatic carbocycles. The lowest BCUT2D eigenvalue weighted by Gasteiger charge is -2.00. The molecule has 0 radical (unpaired) electrons. The molecule has 1 aromatic rings. The molecule has 4 nitrogen and oxygen atoms in total. The Morgan fingerprint density at radius 2 is 2.40 bits per heavy atom. The first-order valence-electron chi connectivity index (χ1n) is 2.76. The number of hydrogen-bond donors (Lipinski definition) is 0. The minimum Gasteiger partial charge on any atom is -0.372 e. The molecule has 5 heteroatoms. The van der Waals surface area contributed by atoms with Crippen molar-refractivity contribution < 1.29 is 9.26 Å². The van der Waals surface area contributed by atoms with Gasteiger partial charge < -0.3 is 9.26 Å². The fraction of sp³-hybridized carbons (Fsp3) is 0.600. The van der Waals surface area contributed by atoms with E-state index in [2.05, 4.69) is 10.1 Å².